The fraction of sp³-hybridized carbons (Fsp3) is 0.938. The largest absolute Gasteiger partial charge is 0.374 e. The van der Waals surface area contributed by atoms with Crippen LogP contribution in [0.1, 0.15) is 39.5 Å². The predicted octanol–water partition coefficient (Wildman–Crippen LogP) is 2.49. The Hall–Kier alpha value is -0.0600. The Balaban J connectivity index is 1.76. The van der Waals surface area contributed by atoms with Crippen molar-refractivity contribution in [3.63, 3.8) is 0 Å². The molecule has 0 saturated carbocycles. The SMILES string of the molecule is CC(C)C1(C(=O)C2CCOC3(CCSC3)C2)CCNC1. The molecule has 3 saturated heterocycles. The zero-order valence-electron chi connectivity index (χ0n) is 12.7. The summed E-state index contributed by atoms with van der Waals surface area (Å²) in [6, 6.07) is 0. The van der Waals surface area contributed by atoms with Crippen LogP contribution in [0.4, 0.5) is 0 Å². The summed E-state index contributed by atoms with van der Waals surface area (Å²) in [6.45, 7) is 7.08. The lowest BCUT2D eigenvalue weighted by Gasteiger charge is -2.41. The van der Waals surface area contributed by atoms with Crippen LogP contribution in [0.5, 0.6) is 0 Å². The van der Waals surface area contributed by atoms with Gasteiger partial charge in [0.05, 0.1) is 5.60 Å². The summed E-state index contributed by atoms with van der Waals surface area (Å²) in [6.07, 6.45) is 4.05. The first-order valence-electron chi connectivity index (χ1n) is 8.05. The van der Waals surface area contributed by atoms with Gasteiger partial charge in [0.25, 0.3) is 0 Å². The van der Waals surface area contributed by atoms with Gasteiger partial charge in [-0.05, 0) is 43.9 Å². The third-order valence-electron chi connectivity index (χ3n) is 5.72. The summed E-state index contributed by atoms with van der Waals surface area (Å²) in [5, 5.41) is 3.42. The lowest BCUT2D eigenvalue weighted by Crippen LogP contribution is -2.48. The molecule has 1 N–H and O–H groups in total. The van der Waals surface area contributed by atoms with Gasteiger partial charge in [-0.2, -0.15) is 11.8 Å². The first-order chi connectivity index (χ1) is 9.58. The number of nitrogens with one attached hydrogen (secondary N) is 1. The van der Waals surface area contributed by atoms with Crippen molar-refractivity contribution in [2.24, 2.45) is 17.3 Å². The monoisotopic (exact) mass is 297 g/mol. The van der Waals surface area contributed by atoms with Crippen LogP contribution in [-0.2, 0) is 9.53 Å². The van der Waals surface area contributed by atoms with E-state index in [4.69, 9.17) is 4.74 Å². The van der Waals surface area contributed by atoms with Gasteiger partial charge in [0, 0.05) is 30.2 Å². The van der Waals surface area contributed by atoms with Crippen LogP contribution in [0.3, 0.4) is 0 Å². The highest BCUT2D eigenvalue weighted by Crippen LogP contribution is 2.45. The van der Waals surface area contributed by atoms with Gasteiger partial charge in [-0.25, -0.2) is 0 Å². The van der Waals surface area contributed by atoms with Gasteiger partial charge < -0.3 is 10.1 Å². The van der Waals surface area contributed by atoms with Gasteiger partial charge >= 0.3 is 0 Å². The third-order valence-corrected chi connectivity index (χ3v) is 6.94. The minimum absolute atomic E-state index is 0.0213. The maximum absolute atomic E-state index is 13.2. The van der Waals surface area contributed by atoms with E-state index >= 15 is 0 Å². The van der Waals surface area contributed by atoms with Crippen molar-refractivity contribution in [2.45, 2.75) is 45.1 Å². The summed E-state index contributed by atoms with van der Waals surface area (Å²) in [5.41, 5.74) is -0.0949. The normalized spacial score (nSPS) is 41.6. The summed E-state index contributed by atoms with van der Waals surface area (Å²) in [5.74, 6) is 3.46. The Morgan fingerprint density at radius 1 is 1.40 bits per heavy atom. The van der Waals surface area contributed by atoms with Crippen molar-refractivity contribution < 1.29 is 9.53 Å². The van der Waals surface area contributed by atoms with E-state index in [0.29, 0.717) is 11.7 Å². The van der Waals surface area contributed by atoms with Crippen LogP contribution in [0.15, 0.2) is 0 Å². The highest BCUT2D eigenvalue weighted by molar-refractivity contribution is 7.99. The molecule has 3 nitrogen and oxygen atoms in total. The quantitative estimate of drug-likeness (QED) is 0.868. The second-order valence-electron chi connectivity index (χ2n) is 7.13. The molecule has 3 unspecified atom stereocenters. The Labute approximate surface area is 126 Å². The average molecular weight is 297 g/mol. The minimum atomic E-state index is -0.116. The maximum atomic E-state index is 13.2. The zero-order valence-corrected chi connectivity index (χ0v) is 13.6. The topological polar surface area (TPSA) is 38.3 Å². The van der Waals surface area contributed by atoms with E-state index in [0.717, 1.165) is 51.1 Å². The first kappa shape index (κ1) is 14.9. The molecule has 3 heterocycles. The number of ketones is 1. The molecule has 3 fully saturated rings. The third kappa shape index (κ3) is 2.44. The Kier molecular flexibility index (Phi) is 4.17. The maximum Gasteiger partial charge on any atom is 0.143 e. The Bertz CT molecular complexity index is 371. The summed E-state index contributed by atoms with van der Waals surface area (Å²) in [7, 11) is 0. The molecule has 3 rings (SSSR count). The molecule has 20 heavy (non-hydrogen) atoms. The van der Waals surface area contributed by atoms with E-state index in [1.165, 1.54) is 5.75 Å². The van der Waals surface area contributed by atoms with Crippen molar-refractivity contribution in [1.82, 2.24) is 5.32 Å². The predicted molar refractivity (Wildman–Crippen MR) is 83.1 cm³/mol. The standard InChI is InChI=1S/C16H27NO2S/c1-12(2)16(4-6-17-10-16)14(18)13-3-7-19-15(9-13)5-8-20-11-15/h12-13,17H,3-11H2,1-2H3. The number of thioether (sulfide) groups is 1. The molecule has 0 radical (unpaired) electrons. The summed E-state index contributed by atoms with van der Waals surface area (Å²) in [4.78, 5) is 13.2. The van der Waals surface area contributed by atoms with Crippen molar-refractivity contribution in [1.29, 1.82) is 0 Å². The molecule has 0 bridgehead atoms. The van der Waals surface area contributed by atoms with Gasteiger partial charge in [0.15, 0.2) is 0 Å². The molecule has 0 aromatic carbocycles. The Morgan fingerprint density at radius 3 is 2.85 bits per heavy atom. The average Bonchev–Trinajstić information content (AvgIpc) is 3.08. The molecule has 3 aliphatic heterocycles. The molecular formula is C16H27NO2S. The summed E-state index contributed by atoms with van der Waals surface area (Å²) >= 11 is 1.98. The molecule has 0 aromatic rings. The van der Waals surface area contributed by atoms with Gasteiger partial charge in [-0.3, -0.25) is 4.79 Å². The fourth-order valence-corrected chi connectivity index (χ4v) is 5.60. The van der Waals surface area contributed by atoms with Crippen LogP contribution >= 0.6 is 11.8 Å². The number of hydrogen-bond donors (Lipinski definition) is 1. The van der Waals surface area contributed by atoms with Crippen LogP contribution in [0, 0.1) is 17.3 Å². The number of rotatable bonds is 3. The molecule has 114 valence electrons. The lowest BCUT2D eigenvalue weighted by molar-refractivity contribution is -0.145. The van der Waals surface area contributed by atoms with E-state index in [-0.39, 0.29) is 16.9 Å². The number of hydrogen-bond acceptors (Lipinski definition) is 4. The van der Waals surface area contributed by atoms with E-state index in [2.05, 4.69) is 19.2 Å². The second-order valence-corrected chi connectivity index (χ2v) is 8.23. The van der Waals surface area contributed by atoms with Crippen LogP contribution in [0.25, 0.3) is 0 Å². The summed E-state index contributed by atoms with van der Waals surface area (Å²) < 4.78 is 6.07. The fourth-order valence-electron chi connectivity index (χ4n) is 4.22. The molecule has 3 aliphatic rings. The highest BCUT2D eigenvalue weighted by atomic mass is 32.2. The molecule has 3 atom stereocenters. The van der Waals surface area contributed by atoms with E-state index < -0.39 is 0 Å². The molecule has 4 heteroatoms. The molecule has 0 amide bonds. The zero-order chi connectivity index (χ0) is 14.2. The van der Waals surface area contributed by atoms with E-state index in [1.54, 1.807) is 0 Å². The minimum Gasteiger partial charge on any atom is -0.374 e. The van der Waals surface area contributed by atoms with Crippen molar-refractivity contribution in [2.75, 3.05) is 31.2 Å². The van der Waals surface area contributed by atoms with Crippen molar-refractivity contribution in [3.05, 3.63) is 0 Å². The lowest BCUT2D eigenvalue weighted by atomic mass is 9.66. The number of carbonyl (C=O) groups excluding carboxylic acids is 1. The number of Topliss-reactive ketones (excluding diaryl/α,β-unsaturated/α-hetero) is 1. The van der Waals surface area contributed by atoms with Gasteiger partial charge in [-0.1, -0.05) is 13.8 Å². The Morgan fingerprint density at radius 2 is 2.25 bits per heavy atom. The molecule has 1 spiro atoms. The van der Waals surface area contributed by atoms with Gasteiger partial charge in [0.1, 0.15) is 5.78 Å². The highest BCUT2D eigenvalue weighted by Gasteiger charge is 2.50. The van der Waals surface area contributed by atoms with Crippen LogP contribution < -0.4 is 5.32 Å². The van der Waals surface area contributed by atoms with E-state index in [9.17, 15) is 4.79 Å². The molecular weight excluding hydrogens is 270 g/mol. The van der Waals surface area contributed by atoms with Crippen molar-refractivity contribution >= 4 is 17.5 Å². The van der Waals surface area contributed by atoms with Crippen LogP contribution in [0.2, 0.25) is 0 Å². The second kappa shape index (κ2) is 5.62. The first-order valence-corrected chi connectivity index (χ1v) is 9.20. The molecule has 0 aliphatic carbocycles. The number of ether oxygens (including phenoxy) is 1. The van der Waals surface area contributed by atoms with Gasteiger partial charge in [-0.15, -0.1) is 0 Å². The smallest absolute Gasteiger partial charge is 0.143 e. The number of carbonyl (C=O) groups is 1. The molecule has 0 aromatic heterocycles. The van der Waals surface area contributed by atoms with Crippen molar-refractivity contribution in [3.8, 4) is 0 Å². The van der Waals surface area contributed by atoms with E-state index in [1.807, 2.05) is 11.8 Å². The van der Waals surface area contributed by atoms with Gasteiger partial charge in [0.2, 0.25) is 0 Å². The van der Waals surface area contributed by atoms with Crippen LogP contribution in [-0.4, -0.2) is 42.6 Å².